The Morgan fingerprint density at radius 1 is 1.33 bits per heavy atom. The molecule has 0 aliphatic carbocycles. The first kappa shape index (κ1) is 22.1. The zero-order valence-corrected chi connectivity index (χ0v) is 17.6. The summed E-state index contributed by atoms with van der Waals surface area (Å²) >= 11 is 5.98. The molecule has 1 heterocycles. The van der Waals surface area contributed by atoms with Crippen LogP contribution in [0.1, 0.15) is 23.2 Å². The Balaban J connectivity index is 2.21. The zero-order chi connectivity index (χ0) is 20.4. The summed E-state index contributed by atoms with van der Waals surface area (Å²) in [5.41, 5.74) is 0.0963. The van der Waals surface area contributed by atoms with Crippen LogP contribution in [0.15, 0.2) is 23.1 Å². The van der Waals surface area contributed by atoms with Crippen molar-refractivity contribution in [1.29, 1.82) is 0 Å². The highest BCUT2D eigenvalue weighted by Crippen LogP contribution is 2.25. The molecular weight excluding hydrogens is 418 g/mol. The van der Waals surface area contributed by atoms with Gasteiger partial charge in [-0.25, -0.2) is 21.1 Å². The van der Waals surface area contributed by atoms with Gasteiger partial charge in [-0.1, -0.05) is 16.1 Å². The van der Waals surface area contributed by atoms with E-state index in [1.54, 1.807) is 0 Å². The maximum atomic E-state index is 12.5. The minimum absolute atomic E-state index is 0.0450. The molecule has 0 radical (unpaired) electrons. The third-order valence-electron chi connectivity index (χ3n) is 4.26. The van der Waals surface area contributed by atoms with Gasteiger partial charge in [0.2, 0.25) is 10.0 Å². The van der Waals surface area contributed by atoms with Crippen LogP contribution in [0.3, 0.4) is 0 Å². The first-order valence-electron chi connectivity index (χ1n) is 8.05. The van der Waals surface area contributed by atoms with Gasteiger partial charge in [0.25, 0.3) is 15.9 Å². The van der Waals surface area contributed by atoms with Crippen molar-refractivity contribution in [3.05, 3.63) is 28.8 Å². The molecule has 0 bridgehead atoms. The SMILES string of the molecule is CON(C)S(=O)(=O)c1cc(C(=O)NC2CCCN(S(C)(=O)=O)C2)ccc1Cl. The van der Waals surface area contributed by atoms with Gasteiger partial charge in [0.1, 0.15) is 4.90 Å². The lowest BCUT2D eigenvalue weighted by Gasteiger charge is -2.31. The number of nitrogens with zero attached hydrogens (tertiary/aromatic N) is 2. The highest BCUT2D eigenvalue weighted by molar-refractivity contribution is 7.89. The largest absolute Gasteiger partial charge is 0.348 e. The number of carbonyl (C=O) groups is 1. The number of amides is 1. The summed E-state index contributed by atoms with van der Waals surface area (Å²) in [6.07, 6.45) is 2.37. The summed E-state index contributed by atoms with van der Waals surface area (Å²) in [7, 11) is -4.96. The predicted molar refractivity (Wildman–Crippen MR) is 100 cm³/mol. The fourth-order valence-corrected chi connectivity index (χ4v) is 5.09. The lowest BCUT2D eigenvalue weighted by molar-refractivity contribution is -0.0258. The van der Waals surface area contributed by atoms with Crippen LogP contribution in [0.2, 0.25) is 5.02 Å². The highest BCUT2D eigenvalue weighted by atomic mass is 35.5. The molecule has 0 spiro atoms. The van der Waals surface area contributed by atoms with Crippen molar-refractivity contribution in [1.82, 2.24) is 14.1 Å². The maximum Gasteiger partial charge on any atom is 0.266 e. The van der Waals surface area contributed by atoms with E-state index in [1.807, 2.05) is 0 Å². The summed E-state index contributed by atoms with van der Waals surface area (Å²) in [6, 6.07) is 3.52. The van der Waals surface area contributed by atoms with E-state index in [-0.39, 0.29) is 28.1 Å². The van der Waals surface area contributed by atoms with Gasteiger partial charge >= 0.3 is 0 Å². The van der Waals surface area contributed by atoms with E-state index in [1.165, 1.54) is 36.7 Å². The number of hydrogen-bond donors (Lipinski definition) is 1. The minimum atomic E-state index is -4.03. The van der Waals surface area contributed by atoms with Gasteiger partial charge in [-0.3, -0.25) is 9.63 Å². The van der Waals surface area contributed by atoms with Crippen molar-refractivity contribution in [3.63, 3.8) is 0 Å². The fourth-order valence-electron chi connectivity index (χ4n) is 2.71. The Morgan fingerprint density at radius 2 is 2.00 bits per heavy atom. The molecule has 1 N–H and O–H groups in total. The molecule has 1 fully saturated rings. The maximum absolute atomic E-state index is 12.5. The van der Waals surface area contributed by atoms with Gasteiger partial charge in [-0.15, -0.1) is 0 Å². The second-order valence-corrected chi connectivity index (χ2v) is 10.5. The lowest BCUT2D eigenvalue weighted by atomic mass is 10.1. The number of carbonyl (C=O) groups excluding carboxylic acids is 1. The standard InChI is InChI=1S/C15H22ClN3O6S2/c1-18(25-2)27(23,24)14-9-11(6-7-13(14)16)15(20)17-12-5-4-8-19(10-12)26(3,21)22/h6-7,9,12H,4-5,8,10H2,1-3H3,(H,17,20). The van der Waals surface area contributed by atoms with E-state index >= 15 is 0 Å². The second-order valence-electron chi connectivity index (χ2n) is 6.18. The molecule has 2 rings (SSSR count). The van der Waals surface area contributed by atoms with Crippen molar-refractivity contribution in [2.45, 2.75) is 23.8 Å². The Kier molecular flexibility index (Phi) is 6.87. The van der Waals surface area contributed by atoms with Crippen LogP contribution in [0.25, 0.3) is 0 Å². The van der Waals surface area contributed by atoms with Crippen LogP contribution in [-0.2, 0) is 24.9 Å². The van der Waals surface area contributed by atoms with Gasteiger partial charge in [0.15, 0.2) is 0 Å². The molecule has 1 aliphatic rings. The summed E-state index contributed by atoms with van der Waals surface area (Å²) in [6.45, 7) is 0.591. The van der Waals surface area contributed by atoms with Gasteiger partial charge in [0.05, 0.1) is 18.4 Å². The molecule has 1 unspecified atom stereocenters. The van der Waals surface area contributed by atoms with E-state index in [0.717, 1.165) is 6.26 Å². The smallest absolute Gasteiger partial charge is 0.266 e. The number of halogens is 1. The van der Waals surface area contributed by atoms with E-state index in [2.05, 4.69) is 5.32 Å². The normalized spacial score (nSPS) is 19.2. The zero-order valence-electron chi connectivity index (χ0n) is 15.2. The van der Waals surface area contributed by atoms with Crippen LogP contribution in [0.5, 0.6) is 0 Å². The first-order valence-corrected chi connectivity index (χ1v) is 11.7. The van der Waals surface area contributed by atoms with Crippen molar-refractivity contribution in [2.75, 3.05) is 33.5 Å². The first-order chi connectivity index (χ1) is 12.5. The van der Waals surface area contributed by atoms with Crippen LogP contribution < -0.4 is 5.32 Å². The number of hydrogen-bond acceptors (Lipinski definition) is 6. The van der Waals surface area contributed by atoms with E-state index in [4.69, 9.17) is 16.4 Å². The van der Waals surface area contributed by atoms with E-state index in [9.17, 15) is 21.6 Å². The van der Waals surface area contributed by atoms with Crippen molar-refractivity contribution in [3.8, 4) is 0 Å². The summed E-state index contributed by atoms with van der Waals surface area (Å²) in [5, 5.41) is 2.71. The monoisotopic (exact) mass is 439 g/mol. The van der Waals surface area contributed by atoms with E-state index < -0.39 is 26.0 Å². The summed E-state index contributed by atoms with van der Waals surface area (Å²) in [5.74, 6) is -0.511. The molecule has 1 aromatic rings. The molecule has 1 atom stereocenters. The molecule has 1 saturated heterocycles. The number of nitrogens with one attached hydrogen (secondary N) is 1. The Hall–Kier alpha value is -1.24. The quantitative estimate of drug-likeness (QED) is 0.652. The molecule has 1 aromatic carbocycles. The van der Waals surface area contributed by atoms with Crippen LogP contribution >= 0.6 is 11.6 Å². The third kappa shape index (κ3) is 5.18. The minimum Gasteiger partial charge on any atom is -0.348 e. The number of rotatable bonds is 6. The number of piperidine rings is 1. The average Bonchev–Trinajstić information content (AvgIpc) is 2.60. The molecule has 12 heteroatoms. The highest BCUT2D eigenvalue weighted by Gasteiger charge is 2.28. The van der Waals surface area contributed by atoms with Crippen molar-refractivity contribution < 1.29 is 26.5 Å². The van der Waals surface area contributed by atoms with Gasteiger partial charge in [0, 0.05) is 31.7 Å². The fraction of sp³-hybridized carbons (Fsp3) is 0.533. The van der Waals surface area contributed by atoms with E-state index in [0.29, 0.717) is 23.9 Å². The summed E-state index contributed by atoms with van der Waals surface area (Å²) < 4.78 is 50.2. The molecule has 9 nitrogen and oxygen atoms in total. The summed E-state index contributed by atoms with van der Waals surface area (Å²) in [4.78, 5) is 17.0. The molecule has 27 heavy (non-hydrogen) atoms. The molecule has 152 valence electrons. The van der Waals surface area contributed by atoms with Gasteiger partial charge in [-0.05, 0) is 31.0 Å². The van der Waals surface area contributed by atoms with Crippen molar-refractivity contribution in [2.24, 2.45) is 0 Å². The molecule has 0 aromatic heterocycles. The number of benzene rings is 1. The molecule has 1 amide bonds. The second kappa shape index (κ2) is 8.41. The van der Waals surface area contributed by atoms with Crippen LogP contribution in [-0.4, -0.2) is 71.1 Å². The van der Waals surface area contributed by atoms with Gasteiger partial charge < -0.3 is 5.32 Å². The lowest BCUT2D eigenvalue weighted by Crippen LogP contribution is -2.49. The molecule has 1 aliphatic heterocycles. The Bertz CT molecular complexity index is 919. The van der Waals surface area contributed by atoms with Crippen LogP contribution in [0, 0.1) is 0 Å². The van der Waals surface area contributed by atoms with Crippen molar-refractivity contribution >= 4 is 37.6 Å². The topological polar surface area (TPSA) is 113 Å². The number of sulfonamides is 2. The predicted octanol–water partition coefficient (Wildman–Crippen LogP) is 0.676. The number of hydroxylamine groups is 1. The van der Waals surface area contributed by atoms with Gasteiger partial charge in [-0.2, -0.15) is 0 Å². The average molecular weight is 440 g/mol. The molecule has 0 saturated carbocycles. The molecular formula is C15H22ClN3O6S2. The Labute approximate surface area is 164 Å². The third-order valence-corrected chi connectivity index (χ3v) is 7.69. The Morgan fingerprint density at radius 3 is 2.59 bits per heavy atom. The van der Waals surface area contributed by atoms with Crippen LogP contribution in [0.4, 0.5) is 0 Å².